The van der Waals surface area contributed by atoms with E-state index in [-0.39, 0.29) is 11.7 Å². The number of nitrogens with zero attached hydrogens (tertiary/aromatic N) is 1. The van der Waals surface area contributed by atoms with E-state index in [1.165, 1.54) is 22.8 Å². The molecule has 0 aliphatic carbocycles. The molecule has 1 aliphatic rings. The van der Waals surface area contributed by atoms with E-state index in [0.29, 0.717) is 35.0 Å². The summed E-state index contributed by atoms with van der Waals surface area (Å²) in [7, 11) is -1.83. The lowest BCUT2D eigenvalue weighted by molar-refractivity contribution is 0.103. The molecule has 122 valence electrons. The average molecular weight is 352 g/mol. The molecule has 1 aromatic heterocycles. The summed E-state index contributed by atoms with van der Waals surface area (Å²) in [6.45, 7) is 0.418. The molecular formula is C15H16N2O4S2. The molecular weight excluding hydrogens is 336 g/mol. The van der Waals surface area contributed by atoms with Gasteiger partial charge in [0.05, 0.1) is 23.4 Å². The number of anilines is 2. The normalized spacial score (nSPS) is 16.3. The molecule has 1 saturated heterocycles. The SMILES string of the molecule is COc1ccc(NC(=O)c2cccs2)cc1N1CCCS1(=O)=O. The van der Waals surface area contributed by atoms with E-state index in [9.17, 15) is 13.2 Å². The van der Waals surface area contributed by atoms with E-state index >= 15 is 0 Å². The molecule has 2 heterocycles. The lowest BCUT2D eigenvalue weighted by Crippen LogP contribution is -2.25. The molecule has 3 rings (SSSR count). The van der Waals surface area contributed by atoms with Crippen LogP contribution in [0.15, 0.2) is 35.7 Å². The van der Waals surface area contributed by atoms with Crippen molar-refractivity contribution in [2.75, 3.05) is 29.0 Å². The Morgan fingerprint density at radius 3 is 2.78 bits per heavy atom. The predicted molar refractivity (Wildman–Crippen MR) is 91.0 cm³/mol. The number of benzene rings is 1. The van der Waals surface area contributed by atoms with Gasteiger partial charge in [-0.05, 0) is 36.1 Å². The Balaban J connectivity index is 1.92. The molecule has 0 spiro atoms. The highest BCUT2D eigenvalue weighted by Crippen LogP contribution is 2.35. The van der Waals surface area contributed by atoms with Gasteiger partial charge in [-0.15, -0.1) is 11.3 Å². The number of hydrogen-bond acceptors (Lipinski definition) is 5. The lowest BCUT2D eigenvalue weighted by atomic mass is 10.2. The van der Waals surface area contributed by atoms with E-state index < -0.39 is 10.0 Å². The van der Waals surface area contributed by atoms with Crippen LogP contribution in [0.3, 0.4) is 0 Å². The van der Waals surface area contributed by atoms with Gasteiger partial charge in [0, 0.05) is 12.2 Å². The van der Waals surface area contributed by atoms with Gasteiger partial charge in [0.15, 0.2) is 0 Å². The fourth-order valence-electron chi connectivity index (χ4n) is 2.47. The summed E-state index contributed by atoms with van der Waals surface area (Å²) in [6.07, 6.45) is 0.581. The van der Waals surface area contributed by atoms with E-state index in [1.54, 1.807) is 30.3 Å². The zero-order valence-electron chi connectivity index (χ0n) is 12.5. The van der Waals surface area contributed by atoms with Crippen molar-refractivity contribution in [2.24, 2.45) is 0 Å². The molecule has 1 aromatic carbocycles. The van der Waals surface area contributed by atoms with Crippen LogP contribution >= 0.6 is 11.3 Å². The number of carbonyl (C=O) groups is 1. The Labute approximate surface area is 138 Å². The van der Waals surface area contributed by atoms with Crippen molar-refractivity contribution < 1.29 is 17.9 Å². The van der Waals surface area contributed by atoms with Crippen molar-refractivity contribution in [1.82, 2.24) is 0 Å². The van der Waals surface area contributed by atoms with Crippen molar-refractivity contribution in [3.63, 3.8) is 0 Å². The van der Waals surface area contributed by atoms with Gasteiger partial charge >= 0.3 is 0 Å². The fraction of sp³-hybridized carbons (Fsp3) is 0.267. The maximum atomic E-state index is 12.1. The minimum Gasteiger partial charge on any atom is -0.495 e. The molecule has 0 atom stereocenters. The van der Waals surface area contributed by atoms with Crippen molar-refractivity contribution in [2.45, 2.75) is 6.42 Å². The molecule has 1 N–H and O–H groups in total. The maximum Gasteiger partial charge on any atom is 0.265 e. The number of carbonyl (C=O) groups excluding carboxylic acids is 1. The highest BCUT2D eigenvalue weighted by molar-refractivity contribution is 7.93. The number of nitrogens with one attached hydrogen (secondary N) is 1. The summed E-state index contributed by atoms with van der Waals surface area (Å²) < 4.78 is 30.9. The van der Waals surface area contributed by atoms with Gasteiger partial charge in [-0.2, -0.15) is 0 Å². The molecule has 0 unspecified atom stereocenters. The highest BCUT2D eigenvalue weighted by Gasteiger charge is 2.30. The van der Waals surface area contributed by atoms with Crippen molar-refractivity contribution in [3.05, 3.63) is 40.6 Å². The van der Waals surface area contributed by atoms with E-state index in [1.807, 2.05) is 5.38 Å². The molecule has 0 saturated carbocycles. The third-order valence-electron chi connectivity index (χ3n) is 3.55. The standard InChI is InChI=1S/C15H16N2O4S2/c1-21-13-6-5-11(16-15(18)14-4-2-8-22-14)10-12(13)17-7-3-9-23(17,19)20/h2,4-6,8,10H,3,7,9H2,1H3,(H,16,18). The van der Waals surface area contributed by atoms with Gasteiger partial charge in [0.25, 0.3) is 5.91 Å². The fourth-order valence-corrected chi connectivity index (χ4v) is 4.66. The summed E-state index contributed by atoms with van der Waals surface area (Å²) >= 11 is 1.34. The zero-order valence-corrected chi connectivity index (χ0v) is 14.1. The number of sulfonamides is 1. The number of ether oxygens (including phenoxy) is 1. The van der Waals surface area contributed by atoms with Crippen LogP contribution in [0.2, 0.25) is 0 Å². The number of rotatable bonds is 4. The monoisotopic (exact) mass is 352 g/mol. The molecule has 1 fully saturated rings. The Morgan fingerprint density at radius 2 is 2.17 bits per heavy atom. The molecule has 1 aliphatic heterocycles. The second-order valence-corrected chi connectivity index (χ2v) is 8.02. The third kappa shape index (κ3) is 3.18. The second kappa shape index (κ2) is 6.21. The van der Waals surface area contributed by atoms with Crippen LogP contribution in [-0.4, -0.2) is 33.7 Å². The molecule has 8 heteroatoms. The topological polar surface area (TPSA) is 75.7 Å². The Kier molecular flexibility index (Phi) is 4.27. The second-order valence-electron chi connectivity index (χ2n) is 5.06. The average Bonchev–Trinajstić information content (AvgIpc) is 3.16. The molecule has 0 radical (unpaired) electrons. The number of methoxy groups -OCH3 is 1. The van der Waals surface area contributed by atoms with Crippen LogP contribution in [-0.2, 0) is 10.0 Å². The summed E-state index contributed by atoms with van der Waals surface area (Å²) in [5.41, 5.74) is 0.982. The third-order valence-corrected chi connectivity index (χ3v) is 6.27. The van der Waals surface area contributed by atoms with Crippen LogP contribution in [0.1, 0.15) is 16.1 Å². The number of amides is 1. The minimum absolute atomic E-state index is 0.127. The van der Waals surface area contributed by atoms with Gasteiger partial charge in [-0.1, -0.05) is 6.07 Å². The largest absolute Gasteiger partial charge is 0.495 e. The van der Waals surface area contributed by atoms with Crippen molar-refractivity contribution in [1.29, 1.82) is 0 Å². The minimum atomic E-state index is -3.32. The molecule has 2 aromatic rings. The first-order valence-electron chi connectivity index (χ1n) is 7.04. The number of hydrogen-bond donors (Lipinski definition) is 1. The first kappa shape index (κ1) is 15.8. The summed E-state index contributed by atoms with van der Waals surface area (Å²) in [6, 6.07) is 8.52. The van der Waals surface area contributed by atoms with Crippen molar-refractivity contribution in [3.8, 4) is 5.75 Å². The quantitative estimate of drug-likeness (QED) is 0.917. The summed E-state index contributed by atoms with van der Waals surface area (Å²) in [4.78, 5) is 12.7. The first-order valence-corrected chi connectivity index (χ1v) is 9.53. The molecule has 0 bridgehead atoms. The van der Waals surface area contributed by atoms with Crippen LogP contribution in [0, 0.1) is 0 Å². The number of thiophene rings is 1. The highest BCUT2D eigenvalue weighted by atomic mass is 32.2. The zero-order chi connectivity index (χ0) is 16.4. The smallest absolute Gasteiger partial charge is 0.265 e. The predicted octanol–water partition coefficient (Wildman–Crippen LogP) is 2.55. The van der Waals surface area contributed by atoms with E-state index in [4.69, 9.17) is 4.74 Å². The van der Waals surface area contributed by atoms with Gasteiger partial charge in [0.2, 0.25) is 10.0 Å². The van der Waals surface area contributed by atoms with Gasteiger partial charge in [-0.3, -0.25) is 9.10 Å². The van der Waals surface area contributed by atoms with Crippen LogP contribution in [0.25, 0.3) is 0 Å². The van der Waals surface area contributed by atoms with Crippen LogP contribution in [0.4, 0.5) is 11.4 Å². The lowest BCUT2D eigenvalue weighted by Gasteiger charge is -2.20. The van der Waals surface area contributed by atoms with Gasteiger partial charge in [-0.25, -0.2) is 8.42 Å². The van der Waals surface area contributed by atoms with Crippen LogP contribution in [0.5, 0.6) is 5.75 Å². The van der Waals surface area contributed by atoms with E-state index in [2.05, 4.69) is 5.32 Å². The Bertz CT molecular complexity index is 816. The van der Waals surface area contributed by atoms with Crippen LogP contribution < -0.4 is 14.4 Å². The molecule has 1 amide bonds. The van der Waals surface area contributed by atoms with Gasteiger partial charge in [0.1, 0.15) is 5.75 Å². The maximum absolute atomic E-state index is 12.1. The summed E-state index contributed by atoms with van der Waals surface area (Å²) in [5.74, 6) is 0.368. The van der Waals surface area contributed by atoms with Gasteiger partial charge < -0.3 is 10.1 Å². The van der Waals surface area contributed by atoms with E-state index in [0.717, 1.165) is 0 Å². The molecule has 23 heavy (non-hydrogen) atoms. The summed E-state index contributed by atoms with van der Waals surface area (Å²) in [5, 5.41) is 4.61. The first-order chi connectivity index (χ1) is 11.0. The Morgan fingerprint density at radius 1 is 1.35 bits per heavy atom. The molecule has 6 nitrogen and oxygen atoms in total. The van der Waals surface area contributed by atoms with Crippen molar-refractivity contribution >= 4 is 38.6 Å². The Hall–Kier alpha value is -2.06.